The minimum absolute atomic E-state index is 0.188. The van der Waals surface area contributed by atoms with Crippen LogP contribution in [0.25, 0.3) is 0 Å². The summed E-state index contributed by atoms with van der Waals surface area (Å²) in [4.78, 5) is 0. The van der Waals surface area contributed by atoms with E-state index in [9.17, 15) is 0 Å². The van der Waals surface area contributed by atoms with Gasteiger partial charge in [-0.15, -0.1) is 0 Å². The highest BCUT2D eigenvalue weighted by Gasteiger charge is 2.63. The molecule has 2 aliphatic rings. The van der Waals surface area contributed by atoms with Crippen molar-refractivity contribution in [3.05, 3.63) is 71.8 Å². The molecule has 2 fully saturated rings. The molecule has 7 nitrogen and oxygen atoms in total. The van der Waals surface area contributed by atoms with E-state index in [1.807, 2.05) is 36.4 Å². The van der Waals surface area contributed by atoms with Gasteiger partial charge in [0.15, 0.2) is 16.6 Å². The summed E-state index contributed by atoms with van der Waals surface area (Å²) in [6.45, 7) is 32.8. The van der Waals surface area contributed by atoms with Crippen LogP contribution in [-0.4, -0.2) is 67.9 Å². The van der Waals surface area contributed by atoms with Gasteiger partial charge in [0, 0.05) is 0 Å². The van der Waals surface area contributed by atoms with Gasteiger partial charge in [0.2, 0.25) is 0 Å². The zero-order valence-corrected chi connectivity index (χ0v) is 37.4. The van der Waals surface area contributed by atoms with Crippen LogP contribution in [0.5, 0.6) is 0 Å². The SMILES string of the molecule is CC1C2C1[C@H](OCOCc1ccccc1)[C@@H](CO[Si](C(C)C)(C(C)C)C(C)C)O[C@@H](CO[Si](C(C)C)(C(C)C)C(C)C)[C@@H]2OCOCc1ccccc1. The van der Waals surface area contributed by atoms with Crippen LogP contribution in [0.1, 0.15) is 101 Å². The van der Waals surface area contributed by atoms with Gasteiger partial charge in [-0.05, 0) is 62.1 Å². The molecule has 0 aromatic heterocycles. The van der Waals surface area contributed by atoms with E-state index in [-0.39, 0.29) is 49.8 Å². The Kier molecular flexibility index (Phi) is 16.8. The van der Waals surface area contributed by atoms with Gasteiger partial charge in [-0.3, -0.25) is 0 Å². The average Bonchev–Trinajstić information content (AvgIpc) is 3.79. The maximum Gasteiger partial charge on any atom is 0.200 e. The van der Waals surface area contributed by atoms with Gasteiger partial charge in [-0.1, -0.05) is 151 Å². The maximum atomic E-state index is 7.32. The zero-order valence-electron chi connectivity index (χ0n) is 35.4. The second-order valence-corrected chi connectivity index (χ2v) is 28.6. The zero-order chi connectivity index (χ0) is 38.9. The van der Waals surface area contributed by atoms with Crippen LogP contribution in [0.4, 0.5) is 0 Å². The molecule has 1 aliphatic carbocycles. The topological polar surface area (TPSA) is 64.6 Å². The van der Waals surface area contributed by atoms with Crippen LogP contribution in [0.3, 0.4) is 0 Å². The summed E-state index contributed by atoms with van der Waals surface area (Å²) >= 11 is 0. The molecule has 53 heavy (non-hydrogen) atoms. The lowest BCUT2D eigenvalue weighted by atomic mass is 10.1. The van der Waals surface area contributed by atoms with E-state index in [1.165, 1.54) is 0 Å². The third-order valence-electron chi connectivity index (χ3n) is 12.7. The van der Waals surface area contributed by atoms with E-state index in [0.29, 0.717) is 65.6 Å². The van der Waals surface area contributed by atoms with Gasteiger partial charge in [0.1, 0.15) is 25.8 Å². The normalized spacial score (nSPS) is 25.2. The molecule has 1 aliphatic heterocycles. The first-order chi connectivity index (χ1) is 25.2. The van der Waals surface area contributed by atoms with Gasteiger partial charge in [0.05, 0.1) is 38.6 Å². The van der Waals surface area contributed by atoms with E-state index in [1.54, 1.807) is 0 Å². The summed E-state index contributed by atoms with van der Waals surface area (Å²) in [5, 5.41) is 0. The molecule has 2 aromatic carbocycles. The summed E-state index contributed by atoms with van der Waals surface area (Å²) in [6.07, 6.45) is -0.992. The highest BCUT2D eigenvalue weighted by atomic mass is 28.4. The molecule has 300 valence electrons. The van der Waals surface area contributed by atoms with Crippen molar-refractivity contribution in [2.45, 2.75) is 161 Å². The Balaban J connectivity index is 1.65. The molecule has 0 radical (unpaired) electrons. The summed E-state index contributed by atoms with van der Waals surface area (Å²) in [5.74, 6) is 0.860. The lowest BCUT2D eigenvalue weighted by Gasteiger charge is -2.45. The summed E-state index contributed by atoms with van der Waals surface area (Å²) in [7, 11) is -4.40. The largest absolute Gasteiger partial charge is 0.413 e. The van der Waals surface area contributed by atoms with Gasteiger partial charge < -0.3 is 32.5 Å². The molecule has 0 spiro atoms. The number of rotatable bonds is 22. The van der Waals surface area contributed by atoms with Crippen LogP contribution in [0.15, 0.2) is 60.7 Å². The predicted octanol–water partition coefficient (Wildman–Crippen LogP) is 11.1. The van der Waals surface area contributed by atoms with Crippen molar-refractivity contribution in [3.8, 4) is 0 Å². The van der Waals surface area contributed by atoms with Crippen molar-refractivity contribution in [1.82, 2.24) is 0 Å². The highest BCUT2D eigenvalue weighted by molar-refractivity contribution is 6.78. The summed E-state index contributed by atoms with van der Waals surface area (Å²) in [5.41, 5.74) is 5.01. The Bertz CT molecular complexity index is 1180. The number of hydrogen-bond acceptors (Lipinski definition) is 7. The Labute approximate surface area is 325 Å². The van der Waals surface area contributed by atoms with Crippen molar-refractivity contribution < 1.29 is 32.5 Å². The molecule has 1 heterocycles. The Morgan fingerprint density at radius 3 is 1.13 bits per heavy atom. The fourth-order valence-corrected chi connectivity index (χ4v) is 21.2. The quantitative estimate of drug-likeness (QED) is 0.0671. The minimum atomic E-state index is -2.20. The number of ether oxygens (including phenoxy) is 5. The van der Waals surface area contributed by atoms with Crippen LogP contribution in [0.2, 0.25) is 33.2 Å². The Morgan fingerprint density at radius 2 is 0.830 bits per heavy atom. The van der Waals surface area contributed by atoms with E-state index in [4.69, 9.17) is 32.5 Å². The van der Waals surface area contributed by atoms with E-state index < -0.39 is 16.6 Å². The molecule has 0 bridgehead atoms. The Hall–Kier alpha value is -1.41. The van der Waals surface area contributed by atoms with Gasteiger partial charge in [0.25, 0.3) is 0 Å². The standard InChI is InChI=1S/C44H74O7Si2/c1-30(2)52(31(3)4,32(5)6)49-26-39-43(47-28-45-24-37-20-16-14-17-21-37)41-36(13)42(41)44(48-29-46-25-38-22-18-15-19-23-38)40(51-39)27-50-53(33(7)8,34(9)10)35(11)12/h14-23,30-36,39-44H,24-29H2,1-13H3/t36?,39-,40+,41?,42?,43-,44+. The van der Waals surface area contributed by atoms with Crippen LogP contribution >= 0.6 is 0 Å². The van der Waals surface area contributed by atoms with Gasteiger partial charge in [-0.2, -0.15) is 0 Å². The summed E-state index contributed by atoms with van der Waals surface area (Å²) < 4.78 is 47.8. The van der Waals surface area contributed by atoms with Crippen LogP contribution in [-0.2, 0) is 45.8 Å². The van der Waals surface area contributed by atoms with Gasteiger partial charge in [-0.25, -0.2) is 0 Å². The molecule has 1 saturated heterocycles. The molecule has 9 heteroatoms. The first kappa shape index (κ1) is 44.3. The predicted molar refractivity (Wildman–Crippen MR) is 221 cm³/mol. The number of benzene rings is 2. The first-order valence-electron chi connectivity index (χ1n) is 20.6. The third kappa shape index (κ3) is 10.5. The molecule has 0 amide bonds. The molecule has 4 rings (SSSR count). The number of hydrogen-bond donors (Lipinski definition) is 0. The molecule has 0 N–H and O–H groups in total. The van der Waals surface area contributed by atoms with Crippen LogP contribution < -0.4 is 0 Å². The first-order valence-corrected chi connectivity index (χ1v) is 24.9. The lowest BCUT2D eigenvalue weighted by Crippen LogP contribution is -2.53. The van der Waals surface area contributed by atoms with Crippen molar-refractivity contribution >= 4 is 16.6 Å². The van der Waals surface area contributed by atoms with Crippen molar-refractivity contribution in [3.63, 3.8) is 0 Å². The van der Waals surface area contributed by atoms with Gasteiger partial charge >= 0.3 is 0 Å². The van der Waals surface area contributed by atoms with Crippen molar-refractivity contribution in [1.29, 1.82) is 0 Å². The smallest absolute Gasteiger partial charge is 0.200 e. The maximum absolute atomic E-state index is 7.32. The molecular weight excluding hydrogens is 697 g/mol. The second-order valence-electron chi connectivity index (χ2n) is 17.7. The molecule has 2 aromatic rings. The van der Waals surface area contributed by atoms with Crippen molar-refractivity contribution in [2.24, 2.45) is 17.8 Å². The average molecular weight is 771 g/mol. The lowest BCUT2D eigenvalue weighted by molar-refractivity contribution is -0.192. The van der Waals surface area contributed by atoms with Crippen LogP contribution in [0, 0.1) is 17.8 Å². The monoisotopic (exact) mass is 770 g/mol. The summed E-state index contributed by atoms with van der Waals surface area (Å²) in [6, 6.07) is 20.5. The molecule has 1 saturated carbocycles. The fraction of sp³-hybridized carbons (Fsp3) is 0.727. The third-order valence-corrected chi connectivity index (χ3v) is 24.8. The van der Waals surface area contributed by atoms with Crippen molar-refractivity contribution in [2.75, 3.05) is 26.8 Å². The molecule has 7 atom stereocenters. The van der Waals surface area contributed by atoms with E-state index >= 15 is 0 Å². The molecular formula is C44H74O7Si2. The molecule has 3 unspecified atom stereocenters. The Morgan fingerprint density at radius 1 is 0.509 bits per heavy atom. The van der Waals surface area contributed by atoms with E-state index in [2.05, 4.69) is 114 Å². The minimum Gasteiger partial charge on any atom is -0.413 e. The number of fused-ring (bicyclic) bond motifs is 1. The fourth-order valence-electron chi connectivity index (χ4n) is 10.3. The highest BCUT2D eigenvalue weighted by Crippen LogP contribution is 2.56. The van der Waals surface area contributed by atoms with E-state index in [0.717, 1.165) is 11.1 Å². The second kappa shape index (κ2) is 20.1.